The van der Waals surface area contributed by atoms with Crippen LogP contribution in [0.25, 0.3) is 0 Å². The van der Waals surface area contributed by atoms with E-state index in [1.807, 2.05) is 0 Å². The van der Waals surface area contributed by atoms with E-state index in [4.69, 9.17) is 5.26 Å². The number of phenols is 1. The standard InChI is InChI=1S/C16H9F2NO2S/c17-16(18)10-5-9(10)12-13(16)11(6-19)22-15(12)14(21)7-1-3-8(20)4-2-7/h1-4,9-10,20H,5H2/t9-,10+/m1/s1. The summed E-state index contributed by atoms with van der Waals surface area (Å²) in [6.07, 6.45) is 0.372. The van der Waals surface area contributed by atoms with Crippen molar-refractivity contribution in [1.29, 1.82) is 5.26 Å². The van der Waals surface area contributed by atoms with E-state index in [-0.39, 0.29) is 32.8 Å². The molecule has 0 aliphatic heterocycles. The van der Waals surface area contributed by atoms with Gasteiger partial charge in [-0.1, -0.05) is 0 Å². The Bertz CT molecular complexity index is 848. The second-order valence-electron chi connectivity index (χ2n) is 5.61. The Balaban J connectivity index is 1.87. The topological polar surface area (TPSA) is 61.1 Å². The molecule has 2 aromatic rings. The van der Waals surface area contributed by atoms with Crippen LogP contribution in [0, 0.1) is 17.2 Å². The fraction of sp³-hybridized carbons (Fsp3) is 0.250. The van der Waals surface area contributed by atoms with Gasteiger partial charge >= 0.3 is 0 Å². The quantitative estimate of drug-likeness (QED) is 0.858. The minimum Gasteiger partial charge on any atom is -0.508 e. The summed E-state index contributed by atoms with van der Waals surface area (Å²) in [5.74, 6) is -4.41. The van der Waals surface area contributed by atoms with Gasteiger partial charge in [-0.15, -0.1) is 11.3 Å². The summed E-state index contributed by atoms with van der Waals surface area (Å²) >= 11 is 0.849. The van der Waals surface area contributed by atoms with Crippen molar-refractivity contribution >= 4 is 17.1 Å². The predicted octanol–water partition coefficient (Wildman–Crippen LogP) is 3.77. The lowest BCUT2D eigenvalue weighted by molar-refractivity contribution is -0.0223. The number of phenolic OH excluding ortho intramolecular Hbond substituents is 1. The van der Waals surface area contributed by atoms with Crippen LogP contribution in [0.3, 0.4) is 0 Å². The number of benzene rings is 1. The first-order valence-corrected chi connectivity index (χ1v) is 7.55. The number of carbonyl (C=O) groups excluding carboxylic acids is 1. The summed E-state index contributed by atoms with van der Waals surface area (Å²) in [4.78, 5) is 12.8. The molecule has 1 aromatic heterocycles. The molecule has 0 saturated heterocycles. The second-order valence-corrected chi connectivity index (χ2v) is 6.63. The smallest absolute Gasteiger partial charge is 0.279 e. The van der Waals surface area contributed by atoms with Crippen molar-refractivity contribution in [2.24, 2.45) is 5.92 Å². The second kappa shape index (κ2) is 4.14. The lowest BCUT2D eigenvalue weighted by Crippen LogP contribution is -2.13. The highest BCUT2D eigenvalue weighted by Gasteiger charge is 2.66. The first-order chi connectivity index (χ1) is 10.4. The average Bonchev–Trinajstić information content (AvgIpc) is 3.15. The number of carbonyl (C=O) groups is 1. The highest BCUT2D eigenvalue weighted by Crippen LogP contribution is 2.69. The van der Waals surface area contributed by atoms with Crippen molar-refractivity contribution in [2.45, 2.75) is 18.3 Å². The zero-order valence-corrected chi connectivity index (χ0v) is 12.0. The van der Waals surface area contributed by atoms with Gasteiger partial charge in [-0.05, 0) is 42.2 Å². The van der Waals surface area contributed by atoms with Gasteiger partial charge in [0.25, 0.3) is 5.92 Å². The molecule has 4 rings (SSSR count). The van der Waals surface area contributed by atoms with E-state index >= 15 is 0 Å². The van der Waals surface area contributed by atoms with E-state index < -0.39 is 11.8 Å². The number of aromatic hydroxyl groups is 1. The van der Waals surface area contributed by atoms with Crippen molar-refractivity contribution in [1.82, 2.24) is 0 Å². The molecule has 3 nitrogen and oxygen atoms in total. The minimum absolute atomic E-state index is 0.0273. The summed E-state index contributed by atoms with van der Waals surface area (Å²) in [5, 5.41) is 18.4. The van der Waals surface area contributed by atoms with Crippen LogP contribution in [0.1, 0.15) is 43.6 Å². The number of alkyl halides is 2. The summed E-state index contributed by atoms with van der Waals surface area (Å²) in [5.41, 5.74) is 0.455. The molecule has 1 saturated carbocycles. The molecule has 6 heteroatoms. The molecule has 0 unspecified atom stereocenters. The predicted molar refractivity (Wildman–Crippen MR) is 75.3 cm³/mol. The lowest BCUT2D eigenvalue weighted by atomic mass is 10.0. The van der Waals surface area contributed by atoms with Gasteiger partial charge in [-0.2, -0.15) is 5.26 Å². The van der Waals surface area contributed by atoms with Crippen LogP contribution in [-0.4, -0.2) is 10.9 Å². The SMILES string of the molecule is N#Cc1sc(C(=O)c2ccc(O)cc2)c2c1C(F)(F)[C@H]1C[C@@H]21. The minimum atomic E-state index is -3.00. The Morgan fingerprint density at radius 3 is 2.68 bits per heavy atom. The van der Waals surface area contributed by atoms with Gasteiger partial charge < -0.3 is 5.11 Å². The van der Waals surface area contributed by atoms with E-state index in [0.29, 0.717) is 17.5 Å². The molecule has 0 radical (unpaired) electrons. The van der Waals surface area contributed by atoms with Gasteiger partial charge in [0.1, 0.15) is 16.7 Å². The van der Waals surface area contributed by atoms with Gasteiger partial charge in [-0.3, -0.25) is 4.79 Å². The molecule has 1 fully saturated rings. The van der Waals surface area contributed by atoms with Crippen LogP contribution in [-0.2, 0) is 5.92 Å². The number of hydrogen-bond donors (Lipinski definition) is 1. The van der Waals surface area contributed by atoms with Crippen molar-refractivity contribution in [3.05, 3.63) is 50.7 Å². The van der Waals surface area contributed by atoms with Crippen molar-refractivity contribution in [2.75, 3.05) is 0 Å². The van der Waals surface area contributed by atoms with Crippen LogP contribution in [0.2, 0.25) is 0 Å². The Labute approximate surface area is 128 Å². The lowest BCUT2D eigenvalue weighted by Gasteiger charge is -2.11. The van der Waals surface area contributed by atoms with Gasteiger partial charge in [0.2, 0.25) is 5.78 Å². The average molecular weight is 317 g/mol. The number of fused-ring (bicyclic) bond motifs is 3. The summed E-state index contributed by atoms with van der Waals surface area (Å²) in [6.45, 7) is 0. The Morgan fingerprint density at radius 2 is 2.05 bits per heavy atom. The molecular weight excluding hydrogens is 308 g/mol. The fourth-order valence-corrected chi connectivity index (χ4v) is 4.39. The molecule has 0 amide bonds. The zero-order chi connectivity index (χ0) is 15.6. The number of thiophene rings is 1. The largest absolute Gasteiger partial charge is 0.508 e. The van der Waals surface area contributed by atoms with Gasteiger partial charge in [0, 0.05) is 11.5 Å². The molecule has 110 valence electrons. The fourth-order valence-electron chi connectivity index (χ4n) is 3.22. The molecule has 2 aliphatic carbocycles. The van der Waals surface area contributed by atoms with E-state index in [9.17, 15) is 18.7 Å². The third-order valence-electron chi connectivity index (χ3n) is 4.34. The highest BCUT2D eigenvalue weighted by molar-refractivity contribution is 7.15. The molecule has 1 heterocycles. The first-order valence-electron chi connectivity index (χ1n) is 6.74. The number of nitrogens with zero attached hydrogens (tertiary/aromatic N) is 1. The molecule has 0 spiro atoms. The van der Waals surface area contributed by atoms with Crippen LogP contribution < -0.4 is 0 Å². The molecule has 2 aliphatic rings. The van der Waals surface area contributed by atoms with Gasteiger partial charge in [0.15, 0.2) is 0 Å². The van der Waals surface area contributed by atoms with E-state index in [1.165, 1.54) is 24.3 Å². The van der Waals surface area contributed by atoms with Crippen LogP contribution in [0.5, 0.6) is 5.75 Å². The Kier molecular flexibility index (Phi) is 2.52. The van der Waals surface area contributed by atoms with Crippen molar-refractivity contribution in [3.8, 4) is 11.8 Å². The van der Waals surface area contributed by atoms with Crippen molar-refractivity contribution < 1.29 is 18.7 Å². The molecule has 1 N–H and O–H groups in total. The maximum Gasteiger partial charge on any atom is 0.279 e. The molecule has 22 heavy (non-hydrogen) atoms. The third-order valence-corrected chi connectivity index (χ3v) is 5.45. The maximum absolute atomic E-state index is 14.3. The Hall–Kier alpha value is -2.26. The van der Waals surface area contributed by atoms with Crippen LogP contribution in [0.15, 0.2) is 24.3 Å². The molecule has 0 bridgehead atoms. The molecule has 2 atom stereocenters. The van der Waals surface area contributed by atoms with E-state index in [0.717, 1.165) is 11.3 Å². The zero-order valence-electron chi connectivity index (χ0n) is 11.1. The molecular formula is C16H9F2NO2S. The number of halogens is 2. The van der Waals surface area contributed by atoms with Gasteiger partial charge in [0.05, 0.1) is 10.4 Å². The van der Waals surface area contributed by atoms with Crippen LogP contribution in [0.4, 0.5) is 8.78 Å². The molecule has 1 aromatic carbocycles. The first kappa shape index (κ1) is 13.4. The summed E-state index contributed by atoms with van der Waals surface area (Å²) in [7, 11) is 0. The van der Waals surface area contributed by atoms with Crippen molar-refractivity contribution in [3.63, 3.8) is 0 Å². The number of ketones is 1. The summed E-state index contributed by atoms with van der Waals surface area (Å²) in [6, 6.07) is 7.46. The third kappa shape index (κ3) is 1.60. The maximum atomic E-state index is 14.3. The number of rotatable bonds is 2. The van der Waals surface area contributed by atoms with E-state index in [1.54, 1.807) is 6.07 Å². The summed E-state index contributed by atoms with van der Waals surface area (Å²) < 4.78 is 28.5. The van der Waals surface area contributed by atoms with Gasteiger partial charge in [-0.25, -0.2) is 8.78 Å². The highest BCUT2D eigenvalue weighted by atomic mass is 32.1. The number of hydrogen-bond acceptors (Lipinski definition) is 4. The monoisotopic (exact) mass is 317 g/mol. The van der Waals surface area contributed by atoms with E-state index in [2.05, 4.69) is 0 Å². The normalized spacial score (nSPS) is 23.5. The Morgan fingerprint density at radius 1 is 1.36 bits per heavy atom. The van der Waals surface area contributed by atoms with Crippen LogP contribution >= 0.6 is 11.3 Å². The number of nitriles is 1.